The van der Waals surface area contributed by atoms with Crippen LogP contribution in [-0.4, -0.2) is 66.8 Å². The smallest absolute Gasteiger partial charge is 0.368 e. The fraction of sp³-hybridized carbons (Fsp3) is 0.444. The summed E-state index contributed by atoms with van der Waals surface area (Å²) < 4.78 is 39.1. The van der Waals surface area contributed by atoms with Crippen molar-refractivity contribution in [1.29, 1.82) is 0 Å². The van der Waals surface area contributed by atoms with E-state index < -0.39 is 17.7 Å². The number of nitrogens with zero attached hydrogens (tertiary/aromatic N) is 3. The van der Waals surface area contributed by atoms with Crippen LogP contribution in [-0.2, 0) is 15.8 Å². The molecule has 37 heavy (non-hydrogen) atoms. The highest BCUT2D eigenvalue weighted by Gasteiger charge is 2.34. The van der Waals surface area contributed by atoms with E-state index in [2.05, 4.69) is 12.2 Å². The molecule has 0 spiro atoms. The van der Waals surface area contributed by atoms with Crippen LogP contribution >= 0.6 is 0 Å². The monoisotopic (exact) mass is 516 g/mol. The Bertz CT molecular complexity index is 1130. The zero-order valence-electron chi connectivity index (χ0n) is 20.8. The number of amides is 3. The van der Waals surface area contributed by atoms with E-state index in [1.807, 2.05) is 4.90 Å². The van der Waals surface area contributed by atoms with Crippen LogP contribution in [0.4, 0.5) is 24.5 Å². The molecule has 2 aliphatic rings. The highest BCUT2D eigenvalue weighted by Crippen LogP contribution is 2.32. The largest absolute Gasteiger partial charge is 0.416 e. The molecule has 2 aromatic rings. The normalized spacial score (nSPS) is 18.3. The molecule has 2 fully saturated rings. The van der Waals surface area contributed by atoms with Crippen molar-refractivity contribution in [2.75, 3.05) is 49.5 Å². The summed E-state index contributed by atoms with van der Waals surface area (Å²) in [5.41, 5.74) is 0.811. The maximum atomic E-state index is 13.0. The second kappa shape index (κ2) is 11.2. The van der Waals surface area contributed by atoms with Gasteiger partial charge in [-0.2, -0.15) is 13.2 Å². The summed E-state index contributed by atoms with van der Waals surface area (Å²) in [7, 11) is 0. The van der Waals surface area contributed by atoms with Crippen molar-refractivity contribution in [2.24, 2.45) is 5.92 Å². The molecule has 0 aromatic heterocycles. The van der Waals surface area contributed by atoms with Gasteiger partial charge in [-0.3, -0.25) is 14.4 Å². The SMILES string of the molecule is CCCCN1CC(C(=O)Nc2ccc(C(=O)N3CCN(c4cccc(C(F)(F)F)c4)CC3)cc2)CC1=O. The zero-order valence-corrected chi connectivity index (χ0v) is 20.8. The Labute approximate surface area is 214 Å². The number of nitrogens with one attached hydrogen (secondary N) is 1. The van der Waals surface area contributed by atoms with Crippen LogP contribution in [0.5, 0.6) is 0 Å². The van der Waals surface area contributed by atoms with Gasteiger partial charge in [0.1, 0.15) is 0 Å². The van der Waals surface area contributed by atoms with Gasteiger partial charge in [0.25, 0.3) is 5.91 Å². The van der Waals surface area contributed by atoms with E-state index in [-0.39, 0.29) is 24.1 Å². The number of hydrogen-bond acceptors (Lipinski definition) is 4. The van der Waals surface area contributed by atoms with E-state index in [0.29, 0.717) is 56.2 Å². The van der Waals surface area contributed by atoms with Crippen LogP contribution in [0.3, 0.4) is 0 Å². The number of likely N-dealkylation sites (tertiary alicyclic amines) is 1. The van der Waals surface area contributed by atoms with Crippen molar-refractivity contribution < 1.29 is 27.6 Å². The van der Waals surface area contributed by atoms with Gasteiger partial charge >= 0.3 is 6.18 Å². The molecular formula is C27H31F3N4O3. The molecule has 0 saturated carbocycles. The molecule has 2 aliphatic heterocycles. The van der Waals surface area contributed by atoms with Crippen molar-refractivity contribution in [3.63, 3.8) is 0 Å². The minimum absolute atomic E-state index is 0.00250. The van der Waals surface area contributed by atoms with Gasteiger partial charge in [-0.05, 0) is 48.9 Å². The molecule has 4 rings (SSSR count). The second-order valence-corrected chi connectivity index (χ2v) is 9.49. The van der Waals surface area contributed by atoms with Crippen LogP contribution in [0.25, 0.3) is 0 Å². The van der Waals surface area contributed by atoms with Crippen LogP contribution in [0.1, 0.15) is 42.1 Å². The number of carbonyl (C=O) groups excluding carboxylic acids is 3. The number of carbonyl (C=O) groups is 3. The minimum Gasteiger partial charge on any atom is -0.368 e. The van der Waals surface area contributed by atoms with Gasteiger partial charge in [-0.15, -0.1) is 0 Å². The third-order valence-electron chi connectivity index (χ3n) is 6.87. The Balaban J connectivity index is 1.29. The summed E-state index contributed by atoms with van der Waals surface area (Å²) in [6.45, 7) is 4.78. The lowest BCUT2D eigenvalue weighted by Gasteiger charge is -2.36. The van der Waals surface area contributed by atoms with Crippen molar-refractivity contribution >= 4 is 29.1 Å². The first-order valence-electron chi connectivity index (χ1n) is 12.6. The highest BCUT2D eigenvalue weighted by molar-refractivity contribution is 5.98. The molecule has 3 amide bonds. The highest BCUT2D eigenvalue weighted by atomic mass is 19.4. The van der Waals surface area contributed by atoms with E-state index in [9.17, 15) is 27.6 Å². The van der Waals surface area contributed by atoms with Gasteiger partial charge in [-0.1, -0.05) is 19.4 Å². The molecule has 10 heteroatoms. The summed E-state index contributed by atoms with van der Waals surface area (Å²) >= 11 is 0. The topological polar surface area (TPSA) is 73.0 Å². The van der Waals surface area contributed by atoms with Crippen molar-refractivity contribution in [2.45, 2.75) is 32.4 Å². The summed E-state index contributed by atoms with van der Waals surface area (Å²) in [5, 5.41) is 2.84. The van der Waals surface area contributed by atoms with Gasteiger partial charge in [0.15, 0.2) is 0 Å². The third kappa shape index (κ3) is 6.42. The predicted octanol–water partition coefficient (Wildman–Crippen LogP) is 4.25. The second-order valence-electron chi connectivity index (χ2n) is 9.49. The number of halogens is 3. The molecule has 2 heterocycles. The number of rotatable bonds is 7. The van der Waals surface area contributed by atoms with E-state index in [4.69, 9.17) is 0 Å². The maximum Gasteiger partial charge on any atom is 0.416 e. The Morgan fingerprint density at radius 2 is 1.73 bits per heavy atom. The van der Waals surface area contributed by atoms with E-state index >= 15 is 0 Å². The lowest BCUT2D eigenvalue weighted by atomic mass is 10.1. The fourth-order valence-corrected chi connectivity index (χ4v) is 4.68. The van der Waals surface area contributed by atoms with Crippen molar-refractivity contribution in [1.82, 2.24) is 9.80 Å². The van der Waals surface area contributed by atoms with Crippen LogP contribution in [0, 0.1) is 5.92 Å². The van der Waals surface area contributed by atoms with Gasteiger partial charge in [0, 0.05) is 62.6 Å². The zero-order chi connectivity index (χ0) is 26.6. The number of hydrogen-bond donors (Lipinski definition) is 1. The molecule has 0 radical (unpaired) electrons. The van der Waals surface area contributed by atoms with Crippen LogP contribution in [0.2, 0.25) is 0 Å². The molecule has 1 N–H and O–H groups in total. The Hall–Kier alpha value is -3.56. The quantitative estimate of drug-likeness (QED) is 0.597. The first-order valence-corrected chi connectivity index (χ1v) is 12.6. The average molecular weight is 517 g/mol. The molecule has 7 nitrogen and oxygen atoms in total. The molecule has 0 bridgehead atoms. The molecular weight excluding hydrogens is 485 g/mol. The summed E-state index contributed by atoms with van der Waals surface area (Å²) in [6, 6.07) is 11.8. The van der Waals surface area contributed by atoms with Crippen LogP contribution < -0.4 is 10.2 Å². The summed E-state index contributed by atoms with van der Waals surface area (Å²) in [6.07, 6.45) is -2.30. The average Bonchev–Trinajstić information content (AvgIpc) is 3.27. The van der Waals surface area contributed by atoms with Crippen molar-refractivity contribution in [3.05, 3.63) is 59.7 Å². The lowest BCUT2D eigenvalue weighted by Crippen LogP contribution is -2.48. The third-order valence-corrected chi connectivity index (χ3v) is 6.87. The first-order chi connectivity index (χ1) is 17.7. The van der Waals surface area contributed by atoms with E-state index in [0.717, 1.165) is 25.0 Å². The Morgan fingerprint density at radius 3 is 2.38 bits per heavy atom. The predicted molar refractivity (Wildman–Crippen MR) is 134 cm³/mol. The molecule has 2 aromatic carbocycles. The molecule has 0 aliphatic carbocycles. The van der Waals surface area contributed by atoms with E-state index in [1.165, 1.54) is 6.07 Å². The number of piperazine rings is 1. The van der Waals surface area contributed by atoms with Crippen LogP contribution in [0.15, 0.2) is 48.5 Å². The Morgan fingerprint density at radius 1 is 1.03 bits per heavy atom. The van der Waals surface area contributed by atoms with E-state index in [1.54, 1.807) is 40.1 Å². The Kier molecular flexibility index (Phi) is 8.04. The fourth-order valence-electron chi connectivity index (χ4n) is 4.68. The number of anilines is 2. The number of alkyl halides is 3. The van der Waals surface area contributed by atoms with Gasteiger partial charge < -0.3 is 20.0 Å². The lowest BCUT2D eigenvalue weighted by molar-refractivity contribution is -0.137. The van der Waals surface area contributed by atoms with Crippen molar-refractivity contribution in [3.8, 4) is 0 Å². The molecule has 1 unspecified atom stereocenters. The van der Waals surface area contributed by atoms with Gasteiger partial charge in [0.2, 0.25) is 11.8 Å². The first kappa shape index (κ1) is 26.5. The summed E-state index contributed by atoms with van der Waals surface area (Å²) in [4.78, 5) is 43.0. The van der Waals surface area contributed by atoms with Gasteiger partial charge in [-0.25, -0.2) is 0 Å². The molecule has 2 saturated heterocycles. The number of unbranched alkanes of at least 4 members (excludes halogenated alkanes) is 1. The number of benzene rings is 2. The molecule has 1 atom stereocenters. The minimum atomic E-state index is -4.40. The van der Waals surface area contributed by atoms with Gasteiger partial charge in [0.05, 0.1) is 11.5 Å². The standard InChI is InChI=1S/C27H31F3N4O3/c1-2-3-11-34-18-20(16-24(34)35)25(36)31-22-9-7-19(8-10-22)26(37)33-14-12-32(13-15-33)23-6-4-5-21(17-23)27(28,29)30/h4-10,17,20H,2-3,11-16,18H2,1H3,(H,31,36). The molecule has 198 valence electrons. The summed E-state index contributed by atoms with van der Waals surface area (Å²) in [5.74, 6) is -0.770. The maximum absolute atomic E-state index is 13.0.